The van der Waals surface area contributed by atoms with Crippen molar-refractivity contribution in [3.63, 3.8) is 0 Å². The molecule has 0 saturated carbocycles. The first kappa shape index (κ1) is 14.3. The van der Waals surface area contributed by atoms with E-state index >= 15 is 0 Å². The van der Waals surface area contributed by atoms with Gasteiger partial charge in [-0.3, -0.25) is 9.69 Å². The number of anilines is 1. The molecule has 0 atom stereocenters. The Kier molecular flexibility index (Phi) is 4.65. The van der Waals surface area contributed by atoms with E-state index in [0.29, 0.717) is 5.56 Å². The summed E-state index contributed by atoms with van der Waals surface area (Å²) in [4.78, 5) is 14.4. The van der Waals surface area contributed by atoms with E-state index in [4.69, 9.17) is 4.74 Å². The summed E-state index contributed by atoms with van der Waals surface area (Å²) in [7, 11) is 0. The van der Waals surface area contributed by atoms with Crippen LogP contribution in [0.1, 0.15) is 15.9 Å². The van der Waals surface area contributed by atoms with E-state index in [1.165, 1.54) is 5.56 Å². The van der Waals surface area contributed by atoms with Crippen molar-refractivity contribution in [2.24, 2.45) is 0 Å². The molecular formula is C16H18N2O2S. The van der Waals surface area contributed by atoms with Gasteiger partial charge in [-0.25, -0.2) is 0 Å². The minimum absolute atomic E-state index is 0.0636. The number of benzene rings is 1. The average Bonchev–Trinajstić information content (AvgIpc) is 3.02. The zero-order valence-corrected chi connectivity index (χ0v) is 12.6. The van der Waals surface area contributed by atoms with Crippen LogP contribution in [0.15, 0.2) is 41.1 Å². The van der Waals surface area contributed by atoms with Gasteiger partial charge in [0.25, 0.3) is 5.91 Å². The molecule has 4 nitrogen and oxygen atoms in total. The number of ether oxygens (including phenoxy) is 1. The summed E-state index contributed by atoms with van der Waals surface area (Å²) in [6, 6.07) is 9.72. The maximum atomic E-state index is 12.1. The minimum atomic E-state index is -0.0636. The lowest BCUT2D eigenvalue weighted by Crippen LogP contribution is -2.35. The quantitative estimate of drug-likeness (QED) is 0.944. The number of hydrogen-bond acceptors (Lipinski definition) is 4. The van der Waals surface area contributed by atoms with Gasteiger partial charge in [-0.2, -0.15) is 11.3 Å². The highest BCUT2D eigenvalue weighted by Crippen LogP contribution is 2.14. The SMILES string of the molecule is O=C(Nc1ccsc1)c1ccc(CN2CCOCC2)cc1. The molecule has 1 aromatic carbocycles. The number of thiophene rings is 1. The van der Waals surface area contributed by atoms with Crippen molar-refractivity contribution in [2.75, 3.05) is 31.6 Å². The molecule has 1 fully saturated rings. The zero-order chi connectivity index (χ0) is 14.5. The molecule has 21 heavy (non-hydrogen) atoms. The van der Waals surface area contributed by atoms with Crippen molar-refractivity contribution in [1.29, 1.82) is 0 Å². The van der Waals surface area contributed by atoms with Crippen molar-refractivity contribution >= 4 is 22.9 Å². The monoisotopic (exact) mass is 302 g/mol. The maximum absolute atomic E-state index is 12.1. The summed E-state index contributed by atoms with van der Waals surface area (Å²) in [5, 5.41) is 6.75. The summed E-state index contributed by atoms with van der Waals surface area (Å²) >= 11 is 1.57. The number of carbonyl (C=O) groups is 1. The highest BCUT2D eigenvalue weighted by molar-refractivity contribution is 7.08. The van der Waals surface area contributed by atoms with Crippen LogP contribution >= 0.6 is 11.3 Å². The fraction of sp³-hybridized carbons (Fsp3) is 0.312. The molecule has 5 heteroatoms. The van der Waals surface area contributed by atoms with Gasteiger partial charge in [-0.15, -0.1) is 0 Å². The van der Waals surface area contributed by atoms with Crippen molar-refractivity contribution in [1.82, 2.24) is 4.90 Å². The molecule has 1 aliphatic heterocycles. The van der Waals surface area contributed by atoms with Crippen LogP contribution in [0.4, 0.5) is 5.69 Å². The largest absolute Gasteiger partial charge is 0.379 e. The van der Waals surface area contributed by atoms with Gasteiger partial charge in [0, 0.05) is 30.6 Å². The predicted octanol–water partition coefficient (Wildman–Crippen LogP) is 2.83. The molecule has 0 spiro atoms. The van der Waals surface area contributed by atoms with Crippen molar-refractivity contribution in [3.8, 4) is 0 Å². The van der Waals surface area contributed by atoms with Gasteiger partial charge in [-0.05, 0) is 29.1 Å². The average molecular weight is 302 g/mol. The molecule has 1 amide bonds. The van der Waals surface area contributed by atoms with Crippen LogP contribution in [0, 0.1) is 0 Å². The van der Waals surface area contributed by atoms with E-state index in [2.05, 4.69) is 10.2 Å². The highest BCUT2D eigenvalue weighted by atomic mass is 32.1. The first-order valence-corrected chi connectivity index (χ1v) is 7.98. The summed E-state index contributed by atoms with van der Waals surface area (Å²) < 4.78 is 5.34. The molecule has 1 saturated heterocycles. The lowest BCUT2D eigenvalue weighted by molar-refractivity contribution is 0.0342. The van der Waals surface area contributed by atoms with Gasteiger partial charge in [0.05, 0.1) is 18.9 Å². The second kappa shape index (κ2) is 6.85. The molecule has 0 unspecified atom stereocenters. The lowest BCUT2D eigenvalue weighted by atomic mass is 10.1. The van der Waals surface area contributed by atoms with Crippen LogP contribution in [-0.4, -0.2) is 37.1 Å². The molecule has 3 rings (SSSR count). The Hall–Kier alpha value is -1.69. The third-order valence-corrected chi connectivity index (χ3v) is 4.19. The van der Waals surface area contributed by atoms with Gasteiger partial charge in [0.2, 0.25) is 0 Å². The Balaban J connectivity index is 1.59. The first-order chi connectivity index (χ1) is 10.3. The van der Waals surface area contributed by atoms with E-state index < -0.39 is 0 Å². The number of nitrogens with zero attached hydrogens (tertiary/aromatic N) is 1. The normalized spacial score (nSPS) is 15.8. The van der Waals surface area contributed by atoms with E-state index in [1.54, 1.807) is 11.3 Å². The Morgan fingerprint density at radius 2 is 1.95 bits per heavy atom. The Labute approximate surface area is 128 Å². The molecular weight excluding hydrogens is 284 g/mol. The van der Waals surface area contributed by atoms with Crippen LogP contribution in [0.5, 0.6) is 0 Å². The number of morpholine rings is 1. The van der Waals surface area contributed by atoms with Crippen LogP contribution in [0.2, 0.25) is 0 Å². The smallest absolute Gasteiger partial charge is 0.255 e. The fourth-order valence-electron chi connectivity index (χ4n) is 2.32. The molecule has 0 bridgehead atoms. The standard InChI is InChI=1S/C16H18N2O2S/c19-16(17-15-5-10-21-12-15)14-3-1-13(2-4-14)11-18-6-8-20-9-7-18/h1-5,10,12H,6-9,11H2,(H,17,19). The fourth-order valence-corrected chi connectivity index (χ4v) is 2.91. The van der Waals surface area contributed by atoms with Gasteiger partial charge in [0.15, 0.2) is 0 Å². The number of nitrogens with one attached hydrogen (secondary N) is 1. The topological polar surface area (TPSA) is 41.6 Å². The number of amides is 1. The van der Waals surface area contributed by atoms with Crippen LogP contribution in [0.3, 0.4) is 0 Å². The van der Waals surface area contributed by atoms with E-state index in [1.807, 2.05) is 41.1 Å². The lowest BCUT2D eigenvalue weighted by Gasteiger charge is -2.26. The third-order valence-electron chi connectivity index (χ3n) is 3.51. The Bertz CT molecular complexity index is 575. The van der Waals surface area contributed by atoms with Gasteiger partial charge < -0.3 is 10.1 Å². The second-order valence-corrected chi connectivity index (χ2v) is 5.83. The van der Waals surface area contributed by atoms with Gasteiger partial charge in [0.1, 0.15) is 0 Å². The first-order valence-electron chi connectivity index (χ1n) is 7.04. The number of hydrogen-bond donors (Lipinski definition) is 1. The van der Waals surface area contributed by atoms with Crippen molar-refractivity contribution in [2.45, 2.75) is 6.54 Å². The summed E-state index contributed by atoms with van der Waals surface area (Å²) in [5.41, 5.74) is 2.76. The summed E-state index contributed by atoms with van der Waals surface area (Å²) in [6.45, 7) is 4.47. The van der Waals surface area contributed by atoms with Gasteiger partial charge in [-0.1, -0.05) is 12.1 Å². The van der Waals surface area contributed by atoms with Gasteiger partial charge >= 0.3 is 0 Å². The number of rotatable bonds is 4. The maximum Gasteiger partial charge on any atom is 0.255 e. The zero-order valence-electron chi connectivity index (χ0n) is 11.7. The molecule has 0 radical (unpaired) electrons. The van der Waals surface area contributed by atoms with E-state index in [9.17, 15) is 4.79 Å². The molecule has 0 aliphatic carbocycles. The summed E-state index contributed by atoms with van der Waals surface area (Å²) in [6.07, 6.45) is 0. The van der Waals surface area contributed by atoms with E-state index in [0.717, 1.165) is 38.5 Å². The molecule has 2 aromatic rings. The predicted molar refractivity (Wildman–Crippen MR) is 84.8 cm³/mol. The molecule has 1 aliphatic rings. The van der Waals surface area contributed by atoms with E-state index in [-0.39, 0.29) is 5.91 Å². The molecule has 1 aromatic heterocycles. The molecule has 2 heterocycles. The Morgan fingerprint density at radius 3 is 2.62 bits per heavy atom. The van der Waals surface area contributed by atoms with Crippen molar-refractivity contribution < 1.29 is 9.53 Å². The minimum Gasteiger partial charge on any atom is -0.379 e. The van der Waals surface area contributed by atoms with Crippen molar-refractivity contribution in [3.05, 3.63) is 52.2 Å². The summed E-state index contributed by atoms with van der Waals surface area (Å²) in [5.74, 6) is -0.0636. The van der Waals surface area contributed by atoms with Crippen LogP contribution in [0.25, 0.3) is 0 Å². The third kappa shape index (κ3) is 3.91. The highest BCUT2D eigenvalue weighted by Gasteiger charge is 2.11. The Morgan fingerprint density at radius 1 is 1.19 bits per heavy atom. The number of carbonyl (C=O) groups excluding carboxylic acids is 1. The second-order valence-electron chi connectivity index (χ2n) is 5.05. The van der Waals surface area contributed by atoms with Crippen LogP contribution in [-0.2, 0) is 11.3 Å². The molecule has 1 N–H and O–H groups in total. The van der Waals surface area contributed by atoms with Crippen LogP contribution < -0.4 is 5.32 Å². The molecule has 110 valence electrons.